The highest BCUT2D eigenvalue weighted by Crippen LogP contribution is 2.25. The number of hydrogen-bond donors (Lipinski definition) is 1. The van der Waals surface area contributed by atoms with Crippen LogP contribution in [-0.4, -0.2) is 17.1 Å². The predicted molar refractivity (Wildman–Crippen MR) is 81.3 cm³/mol. The van der Waals surface area contributed by atoms with E-state index in [9.17, 15) is 0 Å². The number of methoxy groups -OCH3 is 1. The molecule has 20 heavy (non-hydrogen) atoms. The number of nitrogens with two attached hydrogens (primary N) is 1. The van der Waals surface area contributed by atoms with Gasteiger partial charge in [0.15, 0.2) is 5.82 Å². The third-order valence-electron chi connectivity index (χ3n) is 3.04. The van der Waals surface area contributed by atoms with Crippen molar-refractivity contribution in [3.05, 3.63) is 41.6 Å². The average Bonchev–Trinajstić information content (AvgIpc) is 2.38. The van der Waals surface area contributed by atoms with Crippen LogP contribution in [0, 0.1) is 0 Å². The second-order valence-corrected chi connectivity index (χ2v) is 5.88. The maximum Gasteiger partial charge on any atom is 0.161 e. The maximum absolute atomic E-state index is 5.90. The molecule has 2 N–H and O–H groups in total. The molecule has 2 aromatic rings. The molecule has 0 bridgehead atoms. The number of rotatable bonds is 3. The first kappa shape index (κ1) is 14.5. The summed E-state index contributed by atoms with van der Waals surface area (Å²) in [6.07, 6.45) is 0. The second-order valence-electron chi connectivity index (χ2n) is 5.88. The molecule has 0 spiro atoms. The Hall–Kier alpha value is -1.94. The summed E-state index contributed by atoms with van der Waals surface area (Å²) in [4.78, 5) is 8.96. The predicted octanol–water partition coefficient (Wildman–Crippen LogP) is 3.17. The van der Waals surface area contributed by atoms with E-state index in [0.29, 0.717) is 18.2 Å². The molecule has 0 saturated heterocycles. The van der Waals surface area contributed by atoms with Crippen molar-refractivity contribution in [2.75, 3.05) is 12.8 Å². The molecule has 0 atom stereocenters. The summed E-state index contributed by atoms with van der Waals surface area (Å²) < 4.78 is 5.11. The van der Waals surface area contributed by atoms with Crippen molar-refractivity contribution >= 4 is 5.82 Å². The van der Waals surface area contributed by atoms with Crippen molar-refractivity contribution in [1.29, 1.82) is 0 Å². The summed E-state index contributed by atoms with van der Waals surface area (Å²) in [5, 5.41) is 0. The Bertz CT molecular complexity index is 586. The first-order chi connectivity index (χ1) is 9.40. The molecule has 0 amide bonds. The van der Waals surface area contributed by atoms with Crippen molar-refractivity contribution < 1.29 is 4.74 Å². The Balaban J connectivity index is 2.39. The van der Waals surface area contributed by atoms with Gasteiger partial charge in [0.25, 0.3) is 0 Å². The van der Waals surface area contributed by atoms with Gasteiger partial charge in [-0.1, -0.05) is 45.0 Å². The Morgan fingerprint density at radius 2 is 1.75 bits per heavy atom. The Morgan fingerprint density at radius 1 is 1.10 bits per heavy atom. The fraction of sp³-hybridized carbons (Fsp3) is 0.375. The molecule has 0 aliphatic rings. The van der Waals surface area contributed by atoms with Crippen LogP contribution in [-0.2, 0) is 16.8 Å². The minimum Gasteiger partial charge on any atom is -0.384 e. The van der Waals surface area contributed by atoms with Crippen LogP contribution < -0.4 is 5.73 Å². The van der Waals surface area contributed by atoms with Gasteiger partial charge in [-0.25, -0.2) is 9.97 Å². The highest BCUT2D eigenvalue weighted by Gasteiger charge is 2.17. The molecular formula is C16H21N3O. The Labute approximate surface area is 120 Å². The van der Waals surface area contributed by atoms with Crippen LogP contribution in [0.4, 0.5) is 5.82 Å². The summed E-state index contributed by atoms with van der Waals surface area (Å²) in [6.45, 7) is 6.94. The largest absolute Gasteiger partial charge is 0.384 e. The van der Waals surface area contributed by atoms with E-state index in [1.54, 1.807) is 7.11 Å². The lowest BCUT2D eigenvalue weighted by Gasteiger charge is -2.18. The zero-order chi connectivity index (χ0) is 14.8. The summed E-state index contributed by atoms with van der Waals surface area (Å²) in [7, 11) is 1.69. The second kappa shape index (κ2) is 5.59. The number of nitrogen functional groups attached to an aromatic ring is 1. The van der Waals surface area contributed by atoms with Crippen LogP contribution in [0.5, 0.6) is 0 Å². The molecule has 4 nitrogen and oxygen atoms in total. The number of benzene rings is 1. The van der Waals surface area contributed by atoms with Crippen molar-refractivity contribution in [2.24, 2.45) is 0 Å². The number of hydrogen-bond acceptors (Lipinski definition) is 4. The van der Waals surface area contributed by atoms with Gasteiger partial charge in [-0.05, 0) is 5.56 Å². The summed E-state index contributed by atoms with van der Waals surface area (Å²) in [5.74, 6) is 1.17. The van der Waals surface area contributed by atoms with Crippen molar-refractivity contribution in [3.8, 4) is 11.4 Å². The maximum atomic E-state index is 5.90. The minimum absolute atomic E-state index is 0.0538. The molecule has 0 aliphatic carbocycles. The van der Waals surface area contributed by atoms with Crippen LogP contribution in [0.3, 0.4) is 0 Å². The minimum atomic E-state index is -0.0538. The van der Waals surface area contributed by atoms with Gasteiger partial charge in [0.05, 0.1) is 12.3 Å². The number of ether oxygens (including phenoxy) is 1. The molecule has 0 saturated carbocycles. The SMILES string of the molecule is COCc1ccc(-c2nc(N)cc(C(C)(C)C)n2)cc1. The van der Waals surface area contributed by atoms with Gasteiger partial charge in [0, 0.05) is 24.2 Å². The van der Waals surface area contributed by atoms with Gasteiger partial charge >= 0.3 is 0 Å². The highest BCUT2D eigenvalue weighted by molar-refractivity contribution is 5.57. The Kier molecular flexibility index (Phi) is 4.04. The molecular weight excluding hydrogens is 250 g/mol. The zero-order valence-corrected chi connectivity index (χ0v) is 12.5. The van der Waals surface area contributed by atoms with Crippen LogP contribution in [0.25, 0.3) is 11.4 Å². The van der Waals surface area contributed by atoms with Crippen molar-refractivity contribution in [3.63, 3.8) is 0 Å². The molecule has 1 heterocycles. The summed E-state index contributed by atoms with van der Waals surface area (Å²) in [6, 6.07) is 9.86. The van der Waals surface area contributed by atoms with E-state index in [2.05, 4.69) is 30.7 Å². The first-order valence-corrected chi connectivity index (χ1v) is 6.63. The molecule has 0 aliphatic heterocycles. The normalized spacial score (nSPS) is 11.6. The van der Waals surface area contributed by atoms with Gasteiger partial charge in [0.1, 0.15) is 5.82 Å². The summed E-state index contributed by atoms with van der Waals surface area (Å²) >= 11 is 0. The molecule has 0 fully saturated rings. The van der Waals surface area contributed by atoms with E-state index in [-0.39, 0.29) is 5.41 Å². The molecule has 0 unspecified atom stereocenters. The Morgan fingerprint density at radius 3 is 2.30 bits per heavy atom. The fourth-order valence-corrected chi connectivity index (χ4v) is 1.90. The molecule has 106 valence electrons. The smallest absolute Gasteiger partial charge is 0.161 e. The molecule has 4 heteroatoms. The van der Waals surface area contributed by atoms with E-state index in [1.165, 1.54) is 0 Å². The van der Waals surface area contributed by atoms with Gasteiger partial charge in [-0.15, -0.1) is 0 Å². The lowest BCUT2D eigenvalue weighted by Crippen LogP contribution is -2.15. The van der Waals surface area contributed by atoms with E-state index in [4.69, 9.17) is 10.5 Å². The lowest BCUT2D eigenvalue weighted by molar-refractivity contribution is 0.185. The van der Waals surface area contributed by atoms with E-state index in [0.717, 1.165) is 16.8 Å². The number of anilines is 1. The van der Waals surface area contributed by atoms with Gasteiger partial charge < -0.3 is 10.5 Å². The number of nitrogens with zero attached hydrogens (tertiary/aromatic N) is 2. The highest BCUT2D eigenvalue weighted by atomic mass is 16.5. The van der Waals surface area contributed by atoms with Crippen LogP contribution in [0.15, 0.2) is 30.3 Å². The molecule has 2 rings (SSSR count). The van der Waals surface area contributed by atoms with Gasteiger partial charge in [-0.2, -0.15) is 0 Å². The van der Waals surface area contributed by atoms with E-state index < -0.39 is 0 Å². The third kappa shape index (κ3) is 3.33. The summed E-state index contributed by atoms with van der Waals surface area (Å²) in [5.41, 5.74) is 8.87. The molecule has 0 radical (unpaired) electrons. The van der Waals surface area contributed by atoms with Crippen LogP contribution in [0.2, 0.25) is 0 Å². The van der Waals surface area contributed by atoms with Crippen LogP contribution in [0.1, 0.15) is 32.0 Å². The molecule has 1 aromatic carbocycles. The quantitative estimate of drug-likeness (QED) is 0.931. The fourth-order valence-electron chi connectivity index (χ4n) is 1.90. The van der Waals surface area contributed by atoms with Crippen molar-refractivity contribution in [1.82, 2.24) is 9.97 Å². The monoisotopic (exact) mass is 271 g/mol. The zero-order valence-electron chi connectivity index (χ0n) is 12.5. The number of aromatic nitrogens is 2. The van der Waals surface area contributed by atoms with E-state index in [1.807, 2.05) is 30.3 Å². The lowest BCUT2D eigenvalue weighted by atomic mass is 9.92. The third-order valence-corrected chi connectivity index (χ3v) is 3.04. The first-order valence-electron chi connectivity index (χ1n) is 6.63. The molecule has 1 aromatic heterocycles. The topological polar surface area (TPSA) is 61.0 Å². The van der Waals surface area contributed by atoms with E-state index >= 15 is 0 Å². The standard InChI is InChI=1S/C16H21N3O/c1-16(2,3)13-9-14(17)19-15(18-13)12-7-5-11(6-8-12)10-20-4/h5-9H,10H2,1-4H3,(H2,17,18,19). The van der Waals surface area contributed by atoms with Crippen molar-refractivity contribution in [2.45, 2.75) is 32.8 Å². The average molecular weight is 271 g/mol. The van der Waals surface area contributed by atoms with Crippen LogP contribution >= 0.6 is 0 Å². The van der Waals surface area contributed by atoms with Gasteiger partial charge in [0.2, 0.25) is 0 Å². The van der Waals surface area contributed by atoms with Gasteiger partial charge in [-0.3, -0.25) is 0 Å².